The standard InChI is InChI=1S/C10H10Cl2F3NO/c1-5(16)2-7-8(11)3-6(4-9(7)12)17-10(13,14)15/h3-5H,2,16H2,1H3. The molecule has 0 spiro atoms. The highest BCUT2D eigenvalue weighted by molar-refractivity contribution is 6.36. The first kappa shape index (κ1) is 14.4. The molecule has 2 nitrogen and oxygen atoms in total. The Bertz CT molecular complexity index is 384. The third-order valence-electron chi connectivity index (χ3n) is 1.87. The van der Waals surface area contributed by atoms with Crippen LogP contribution in [0.25, 0.3) is 0 Å². The molecule has 2 N–H and O–H groups in total. The molecule has 0 radical (unpaired) electrons. The summed E-state index contributed by atoms with van der Waals surface area (Å²) in [6.45, 7) is 1.74. The fourth-order valence-electron chi connectivity index (χ4n) is 1.29. The van der Waals surface area contributed by atoms with Crippen molar-refractivity contribution in [3.63, 3.8) is 0 Å². The lowest BCUT2D eigenvalue weighted by atomic mass is 10.1. The quantitative estimate of drug-likeness (QED) is 0.918. The molecule has 0 saturated heterocycles. The summed E-state index contributed by atoms with van der Waals surface area (Å²) >= 11 is 11.6. The molecule has 1 atom stereocenters. The highest BCUT2D eigenvalue weighted by atomic mass is 35.5. The summed E-state index contributed by atoms with van der Waals surface area (Å²) in [6, 6.07) is 1.94. The topological polar surface area (TPSA) is 35.2 Å². The molecule has 96 valence electrons. The van der Waals surface area contributed by atoms with Gasteiger partial charge in [-0.3, -0.25) is 0 Å². The summed E-state index contributed by atoms with van der Waals surface area (Å²) in [5.74, 6) is -0.444. The van der Waals surface area contributed by atoms with Gasteiger partial charge >= 0.3 is 6.36 Å². The predicted octanol–water partition coefficient (Wildman–Crippen LogP) is 3.78. The molecule has 0 aromatic heterocycles. The van der Waals surface area contributed by atoms with Crippen molar-refractivity contribution in [1.82, 2.24) is 0 Å². The summed E-state index contributed by atoms with van der Waals surface area (Å²) in [5.41, 5.74) is 6.09. The van der Waals surface area contributed by atoms with Crippen molar-refractivity contribution in [3.8, 4) is 5.75 Å². The molecule has 0 amide bonds. The molecule has 0 aliphatic heterocycles. The highest BCUT2D eigenvalue weighted by Crippen LogP contribution is 2.33. The largest absolute Gasteiger partial charge is 0.573 e. The van der Waals surface area contributed by atoms with Gasteiger partial charge in [0.15, 0.2) is 0 Å². The number of rotatable bonds is 3. The van der Waals surface area contributed by atoms with E-state index in [1.54, 1.807) is 6.92 Å². The average Bonchev–Trinajstić information content (AvgIpc) is 2.08. The Morgan fingerprint density at radius 1 is 1.29 bits per heavy atom. The fourth-order valence-corrected chi connectivity index (χ4v) is 1.91. The Kier molecular flexibility index (Phi) is 4.52. The van der Waals surface area contributed by atoms with Gasteiger partial charge in [-0.2, -0.15) is 0 Å². The van der Waals surface area contributed by atoms with Crippen molar-refractivity contribution in [2.45, 2.75) is 25.7 Å². The van der Waals surface area contributed by atoms with Gasteiger partial charge in [0.2, 0.25) is 0 Å². The molecule has 1 rings (SSSR count). The second-order valence-corrected chi connectivity index (χ2v) is 4.41. The molecule has 1 unspecified atom stereocenters. The van der Waals surface area contributed by atoms with Crippen LogP contribution in [0, 0.1) is 0 Å². The minimum Gasteiger partial charge on any atom is -0.406 e. The van der Waals surface area contributed by atoms with E-state index >= 15 is 0 Å². The summed E-state index contributed by atoms with van der Waals surface area (Å²) in [5, 5.41) is 0.211. The zero-order valence-corrected chi connectivity index (χ0v) is 10.3. The first-order valence-corrected chi connectivity index (χ1v) is 5.44. The maximum absolute atomic E-state index is 12.0. The Balaban J connectivity index is 3.01. The molecule has 0 bridgehead atoms. The van der Waals surface area contributed by atoms with Crippen molar-refractivity contribution in [1.29, 1.82) is 0 Å². The molecular weight excluding hydrogens is 278 g/mol. The summed E-state index contributed by atoms with van der Waals surface area (Å²) < 4.78 is 39.7. The molecule has 7 heteroatoms. The van der Waals surface area contributed by atoms with Gasteiger partial charge in [0.25, 0.3) is 0 Å². The summed E-state index contributed by atoms with van der Waals surface area (Å²) in [6.07, 6.45) is -4.39. The van der Waals surface area contributed by atoms with E-state index < -0.39 is 12.1 Å². The van der Waals surface area contributed by atoms with Crippen LogP contribution in [0.4, 0.5) is 13.2 Å². The van der Waals surface area contributed by atoms with Crippen molar-refractivity contribution in [3.05, 3.63) is 27.7 Å². The Morgan fingerprint density at radius 3 is 2.12 bits per heavy atom. The highest BCUT2D eigenvalue weighted by Gasteiger charge is 2.31. The lowest BCUT2D eigenvalue weighted by molar-refractivity contribution is -0.274. The van der Waals surface area contributed by atoms with E-state index in [9.17, 15) is 13.2 Å². The van der Waals surface area contributed by atoms with Crippen LogP contribution in [-0.4, -0.2) is 12.4 Å². The zero-order valence-electron chi connectivity index (χ0n) is 8.81. The van der Waals surface area contributed by atoms with Crippen molar-refractivity contribution in [2.24, 2.45) is 5.73 Å². The van der Waals surface area contributed by atoms with Gasteiger partial charge < -0.3 is 10.5 Å². The normalized spacial score (nSPS) is 13.6. The van der Waals surface area contributed by atoms with E-state index in [0.29, 0.717) is 12.0 Å². The third-order valence-corrected chi connectivity index (χ3v) is 2.55. The average molecular weight is 288 g/mol. The van der Waals surface area contributed by atoms with Gasteiger partial charge in [-0.1, -0.05) is 23.2 Å². The predicted molar refractivity (Wildman–Crippen MR) is 60.5 cm³/mol. The van der Waals surface area contributed by atoms with Crippen LogP contribution in [0.5, 0.6) is 5.75 Å². The lowest BCUT2D eigenvalue weighted by Gasteiger charge is -2.13. The number of benzene rings is 1. The van der Waals surface area contributed by atoms with E-state index in [1.165, 1.54) is 0 Å². The molecule has 1 aromatic carbocycles. The smallest absolute Gasteiger partial charge is 0.406 e. The van der Waals surface area contributed by atoms with Crippen LogP contribution in [0.2, 0.25) is 10.0 Å². The minimum atomic E-state index is -4.77. The molecule has 0 aliphatic carbocycles. The van der Waals surface area contributed by atoms with Crippen LogP contribution in [-0.2, 0) is 6.42 Å². The van der Waals surface area contributed by atoms with Gasteiger partial charge in [-0.05, 0) is 31.0 Å². The maximum Gasteiger partial charge on any atom is 0.573 e. The summed E-state index contributed by atoms with van der Waals surface area (Å²) in [4.78, 5) is 0. The van der Waals surface area contributed by atoms with Gasteiger partial charge in [0.05, 0.1) is 0 Å². The third kappa shape index (κ3) is 4.61. The number of halogens is 5. The Labute approximate surface area is 106 Å². The molecule has 0 saturated carbocycles. The number of ether oxygens (including phenoxy) is 1. The van der Waals surface area contributed by atoms with Crippen LogP contribution in [0.1, 0.15) is 12.5 Å². The number of hydrogen-bond acceptors (Lipinski definition) is 2. The monoisotopic (exact) mass is 287 g/mol. The molecule has 0 fully saturated rings. The fraction of sp³-hybridized carbons (Fsp3) is 0.400. The van der Waals surface area contributed by atoms with Gasteiger partial charge in [-0.15, -0.1) is 13.2 Å². The molecular formula is C10H10Cl2F3NO. The molecule has 1 aromatic rings. The van der Waals surface area contributed by atoms with E-state index in [4.69, 9.17) is 28.9 Å². The number of alkyl halides is 3. The first-order chi connectivity index (χ1) is 7.69. The van der Waals surface area contributed by atoms with Gasteiger partial charge in [0.1, 0.15) is 5.75 Å². The molecule has 0 aliphatic rings. The van der Waals surface area contributed by atoms with Gasteiger partial charge in [-0.25, -0.2) is 0 Å². The van der Waals surface area contributed by atoms with E-state index in [2.05, 4.69) is 4.74 Å². The van der Waals surface area contributed by atoms with E-state index in [-0.39, 0.29) is 16.1 Å². The van der Waals surface area contributed by atoms with E-state index in [0.717, 1.165) is 12.1 Å². The van der Waals surface area contributed by atoms with Crippen LogP contribution < -0.4 is 10.5 Å². The lowest BCUT2D eigenvalue weighted by Crippen LogP contribution is -2.19. The van der Waals surface area contributed by atoms with Crippen molar-refractivity contribution < 1.29 is 17.9 Å². The minimum absolute atomic E-state index is 0.106. The number of hydrogen-bond donors (Lipinski definition) is 1. The summed E-state index contributed by atoms with van der Waals surface area (Å²) in [7, 11) is 0. The first-order valence-electron chi connectivity index (χ1n) is 4.68. The van der Waals surface area contributed by atoms with Crippen LogP contribution >= 0.6 is 23.2 Å². The SMILES string of the molecule is CC(N)Cc1c(Cl)cc(OC(F)(F)F)cc1Cl. The number of nitrogens with two attached hydrogens (primary N) is 1. The Hall–Kier alpha value is -0.650. The maximum atomic E-state index is 12.0. The second-order valence-electron chi connectivity index (χ2n) is 3.59. The zero-order chi connectivity index (χ0) is 13.2. The van der Waals surface area contributed by atoms with Crippen LogP contribution in [0.3, 0.4) is 0 Å². The van der Waals surface area contributed by atoms with E-state index in [1.807, 2.05) is 0 Å². The second kappa shape index (κ2) is 5.33. The molecule has 0 heterocycles. The van der Waals surface area contributed by atoms with Crippen molar-refractivity contribution >= 4 is 23.2 Å². The Morgan fingerprint density at radius 2 is 1.76 bits per heavy atom. The molecule has 17 heavy (non-hydrogen) atoms. The van der Waals surface area contributed by atoms with Gasteiger partial charge in [0, 0.05) is 16.1 Å². The van der Waals surface area contributed by atoms with Crippen LogP contribution in [0.15, 0.2) is 12.1 Å². The van der Waals surface area contributed by atoms with Crippen molar-refractivity contribution in [2.75, 3.05) is 0 Å².